The summed E-state index contributed by atoms with van der Waals surface area (Å²) in [7, 11) is 0. The van der Waals surface area contributed by atoms with Crippen LogP contribution in [0.5, 0.6) is 6.01 Å². The number of ether oxygens (including phenoxy) is 1. The molecule has 8 nitrogen and oxygen atoms in total. The number of hydrogen-bond donors (Lipinski definition) is 0. The van der Waals surface area contributed by atoms with Crippen molar-refractivity contribution in [2.24, 2.45) is 0 Å². The highest BCUT2D eigenvalue weighted by atomic mass is 35.5. The number of benzene rings is 3. The third-order valence-electron chi connectivity index (χ3n) is 9.91. The van der Waals surface area contributed by atoms with Crippen LogP contribution in [0.15, 0.2) is 48.8 Å². The van der Waals surface area contributed by atoms with Gasteiger partial charge < -0.3 is 19.4 Å². The number of piperazine rings is 1. The first-order chi connectivity index (χ1) is 23.1. The van der Waals surface area contributed by atoms with Gasteiger partial charge in [-0.25, -0.2) is 24.1 Å². The first-order valence-electron chi connectivity index (χ1n) is 15.8. The van der Waals surface area contributed by atoms with E-state index in [2.05, 4.69) is 26.3 Å². The van der Waals surface area contributed by atoms with Gasteiger partial charge in [-0.15, -0.1) is 0 Å². The van der Waals surface area contributed by atoms with Crippen molar-refractivity contribution in [3.8, 4) is 17.1 Å². The smallest absolute Gasteiger partial charge is 0.319 e. The number of fused-ring (bicyclic) bond motifs is 3. The molecule has 0 spiro atoms. The molecule has 0 N–H and O–H groups in total. The second kappa shape index (κ2) is 12.5. The summed E-state index contributed by atoms with van der Waals surface area (Å²) in [5, 5.41) is 0.425. The molecule has 0 radical (unpaired) electrons. The van der Waals surface area contributed by atoms with Gasteiger partial charge in [-0.05, 0) is 61.9 Å². The first-order valence-corrected chi connectivity index (χ1v) is 16.2. The van der Waals surface area contributed by atoms with E-state index in [0.717, 1.165) is 44.8 Å². The Kier molecular flexibility index (Phi) is 8.37. The summed E-state index contributed by atoms with van der Waals surface area (Å²) < 4.78 is 67.7. The normalized spacial score (nSPS) is 19.1. The Hall–Kier alpha value is -4.47. The number of hydrogen-bond acceptors (Lipinski definition) is 6. The molecule has 7 rings (SSSR count). The van der Waals surface area contributed by atoms with Crippen LogP contribution in [-0.2, 0) is 4.79 Å². The van der Waals surface area contributed by atoms with E-state index in [-0.39, 0.29) is 77.0 Å². The van der Waals surface area contributed by atoms with Crippen LogP contribution >= 0.6 is 11.6 Å². The minimum absolute atomic E-state index is 0.0187. The molecule has 4 aromatic rings. The van der Waals surface area contributed by atoms with Crippen LogP contribution in [0.3, 0.4) is 0 Å². The van der Waals surface area contributed by atoms with E-state index in [0.29, 0.717) is 5.39 Å². The van der Waals surface area contributed by atoms with Gasteiger partial charge in [0.2, 0.25) is 6.54 Å². The first kappa shape index (κ1) is 32.1. The maximum absolute atomic E-state index is 16.8. The number of anilines is 1. The topological polar surface area (TPSA) is 66.2 Å². The molecule has 0 aliphatic carbocycles. The standard InChI is InChI=1S/C35H31ClF4N6O2/c1-20(37)33(47)46-15-14-44(18-22(46)17-41-2)32-24-16-26(39)28(23-7-3-6-21-8-9-25(38)29(36)27(21)23)30(40)31(24)42-34(43-32)48-19-35-10-4-12-45(35)13-5-11-35/h3,6-9,16,22H,1,4-5,10-15,17-19H2/t22-/m0/s1. The molecule has 248 valence electrons. The van der Waals surface area contributed by atoms with Crippen LogP contribution in [0.1, 0.15) is 25.7 Å². The second-order valence-electron chi connectivity index (χ2n) is 12.6. The lowest BCUT2D eigenvalue weighted by molar-refractivity contribution is -0.131. The van der Waals surface area contributed by atoms with Gasteiger partial charge in [0.15, 0.2) is 11.6 Å². The van der Waals surface area contributed by atoms with Crippen molar-refractivity contribution < 1.29 is 27.1 Å². The average molecular weight is 679 g/mol. The summed E-state index contributed by atoms with van der Waals surface area (Å²) >= 11 is 6.34. The lowest BCUT2D eigenvalue weighted by Crippen LogP contribution is -2.56. The molecule has 3 aromatic carbocycles. The average Bonchev–Trinajstić information content (AvgIpc) is 3.66. The Balaban J connectivity index is 1.37. The zero-order valence-corrected chi connectivity index (χ0v) is 26.7. The molecule has 1 atom stereocenters. The van der Waals surface area contributed by atoms with E-state index in [1.54, 1.807) is 17.0 Å². The maximum Gasteiger partial charge on any atom is 0.319 e. The van der Waals surface area contributed by atoms with Crippen molar-refractivity contribution in [3.63, 3.8) is 0 Å². The van der Waals surface area contributed by atoms with Gasteiger partial charge in [-0.2, -0.15) is 9.97 Å². The fourth-order valence-electron chi connectivity index (χ4n) is 7.62. The molecule has 4 heterocycles. The Morgan fingerprint density at radius 3 is 2.58 bits per heavy atom. The summed E-state index contributed by atoms with van der Waals surface area (Å²) in [5.41, 5.74) is -0.773. The summed E-state index contributed by atoms with van der Waals surface area (Å²) in [6.07, 6.45) is 3.97. The molecule has 3 fully saturated rings. The van der Waals surface area contributed by atoms with Gasteiger partial charge in [0.05, 0.1) is 16.1 Å². The predicted molar refractivity (Wildman–Crippen MR) is 175 cm³/mol. The molecule has 3 aliphatic heterocycles. The zero-order valence-electron chi connectivity index (χ0n) is 25.9. The molecule has 1 aromatic heterocycles. The summed E-state index contributed by atoms with van der Waals surface area (Å²) in [4.78, 5) is 30.4. The number of nitrogens with zero attached hydrogens (tertiary/aromatic N) is 6. The van der Waals surface area contributed by atoms with Crippen molar-refractivity contribution in [1.82, 2.24) is 19.8 Å². The van der Waals surface area contributed by atoms with Crippen molar-refractivity contribution in [2.45, 2.75) is 37.3 Å². The SMILES string of the molecule is [C-]#[N+]C[C@H]1CN(c2nc(OCC34CCCN3CCC4)nc3c(F)c(-c4cccc5ccc(F)c(Cl)c45)c(F)cc23)CCN1C(=O)C(=C)F. The number of carbonyl (C=O) groups excluding carboxylic acids is 1. The molecule has 0 saturated carbocycles. The van der Waals surface area contributed by atoms with Crippen LogP contribution in [0.2, 0.25) is 5.02 Å². The van der Waals surface area contributed by atoms with Gasteiger partial charge in [-0.1, -0.05) is 42.4 Å². The van der Waals surface area contributed by atoms with Crippen molar-refractivity contribution >= 4 is 45.0 Å². The molecule has 13 heteroatoms. The molecule has 48 heavy (non-hydrogen) atoms. The largest absolute Gasteiger partial charge is 0.461 e. The molecule has 1 amide bonds. The Labute approximate surface area is 279 Å². The molecule has 3 saturated heterocycles. The summed E-state index contributed by atoms with van der Waals surface area (Å²) in [5.74, 6) is -4.59. The van der Waals surface area contributed by atoms with Crippen LogP contribution in [0.4, 0.5) is 23.4 Å². The van der Waals surface area contributed by atoms with Gasteiger partial charge in [-0.3, -0.25) is 9.69 Å². The molecular weight excluding hydrogens is 648 g/mol. The van der Waals surface area contributed by atoms with Crippen molar-refractivity contribution in [1.29, 1.82) is 0 Å². The second-order valence-corrected chi connectivity index (χ2v) is 13.0. The molecule has 0 unspecified atom stereocenters. The zero-order chi connectivity index (χ0) is 33.7. The number of halogens is 5. The molecule has 3 aliphatic rings. The lowest BCUT2D eigenvalue weighted by atomic mass is 9.95. The van der Waals surface area contributed by atoms with Crippen molar-refractivity contribution in [2.75, 3.05) is 50.8 Å². The van der Waals surface area contributed by atoms with Crippen LogP contribution in [0.25, 0.3) is 37.6 Å². The van der Waals surface area contributed by atoms with E-state index in [4.69, 9.17) is 22.9 Å². The van der Waals surface area contributed by atoms with E-state index in [1.165, 1.54) is 23.1 Å². The van der Waals surface area contributed by atoms with Crippen LogP contribution in [-0.4, -0.2) is 83.1 Å². The van der Waals surface area contributed by atoms with Crippen LogP contribution in [0, 0.1) is 24.0 Å². The highest BCUT2D eigenvalue weighted by Crippen LogP contribution is 2.42. The number of aromatic nitrogens is 2. The van der Waals surface area contributed by atoms with Crippen LogP contribution < -0.4 is 9.64 Å². The van der Waals surface area contributed by atoms with E-state index >= 15 is 8.78 Å². The molecular formula is C35H31ClF4N6O2. The third kappa shape index (κ3) is 5.39. The predicted octanol–water partition coefficient (Wildman–Crippen LogP) is 6.95. The van der Waals surface area contributed by atoms with Gasteiger partial charge in [0, 0.05) is 30.4 Å². The quantitative estimate of drug-likeness (QED) is 0.120. The van der Waals surface area contributed by atoms with E-state index in [9.17, 15) is 13.6 Å². The summed E-state index contributed by atoms with van der Waals surface area (Å²) in [6.45, 7) is 12.8. The number of rotatable bonds is 7. The van der Waals surface area contributed by atoms with Gasteiger partial charge >= 0.3 is 6.01 Å². The van der Waals surface area contributed by atoms with Gasteiger partial charge in [0.1, 0.15) is 35.6 Å². The number of amides is 1. The summed E-state index contributed by atoms with van der Waals surface area (Å²) in [6, 6.07) is 7.70. The monoisotopic (exact) mass is 678 g/mol. The Bertz CT molecular complexity index is 2010. The lowest BCUT2D eigenvalue weighted by Gasteiger charge is -2.39. The van der Waals surface area contributed by atoms with E-state index in [1.807, 2.05) is 0 Å². The van der Waals surface area contributed by atoms with Crippen molar-refractivity contribution in [3.05, 3.63) is 82.7 Å². The fraction of sp³-hybridized carbons (Fsp3) is 0.371. The Morgan fingerprint density at radius 1 is 1.08 bits per heavy atom. The number of carbonyl (C=O) groups is 1. The minimum atomic E-state index is -1.14. The highest BCUT2D eigenvalue weighted by Gasteiger charge is 2.45. The minimum Gasteiger partial charge on any atom is -0.461 e. The fourth-order valence-corrected chi connectivity index (χ4v) is 7.90. The molecule has 0 bridgehead atoms. The Morgan fingerprint density at radius 2 is 1.85 bits per heavy atom. The highest BCUT2D eigenvalue weighted by molar-refractivity contribution is 6.37. The van der Waals surface area contributed by atoms with Gasteiger partial charge in [0.25, 0.3) is 5.91 Å². The van der Waals surface area contributed by atoms with E-state index < -0.39 is 40.8 Å². The maximum atomic E-state index is 16.8. The third-order valence-corrected chi connectivity index (χ3v) is 10.3.